The second kappa shape index (κ2) is 6.46. The molecule has 1 aliphatic heterocycles. The van der Waals surface area contributed by atoms with Crippen LogP contribution in [0.2, 0.25) is 10.0 Å². The molecular formula is C18H12Cl2N2O3S. The number of carbonyl (C=O) groups excluding carboxylic acids is 2. The first kappa shape index (κ1) is 17.1. The molecule has 1 atom stereocenters. The van der Waals surface area contributed by atoms with Crippen LogP contribution in [0.5, 0.6) is 5.75 Å². The summed E-state index contributed by atoms with van der Waals surface area (Å²) in [4.78, 5) is 24.8. The Kier molecular flexibility index (Phi) is 4.26. The van der Waals surface area contributed by atoms with E-state index in [1.54, 1.807) is 43.3 Å². The summed E-state index contributed by atoms with van der Waals surface area (Å²) < 4.78 is 6.34. The summed E-state index contributed by atoms with van der Waals surface area (Å²) in [6, 6.07) is 10.4. The van der Waals surface area contributed by atoms with Crippen molar-refractivity contribution in [2.75, 3.05) is 10.6 Å². The number of hydrogen-bond acceptors (Lipinski definition) is 4. The Morgan fingerprint density at radius 1 is 1.23 bits per heavy atom. The SMILES string of the molecule is C[C@H]1Oc2ccc(NC(=O)c3sc4cc(Cl)ccc4c3Cl)cc2NC1=O. The number of benzene rings is 2. The molecular weight excluding hydrogens is 395 g/mol. The van der Waals surface area contributed by atoms with E-state index in [2.05, 4.69) is 10.6 Å². The lowest BCUT2D eigenvalue weighted by Crippen LogP contribution is -2.34. The average Bonchev–Trinajstić information content (AvgIpc) is 2.92. The second-order valence-corrected chi connectivity index (χ2v) is 7.67. The van der Waals surface area contributed by atoms with Crippen LogP contribution in [0.1, 0.15) is 16.6 Å². The summed E-state index contributed by atoms with van der Waals surface area (Å²) in [6.45, 7) is 1.67. The van der Waals surface area contributed by atoms with E-state index in [0.29, 0.717) is 32.0 Å². The third kappa shape index (κ3) is 3.00. The van der Waals surface area contributed by atoms with Crippen molar-refractivity contribution in [3.05, 3.63) is 51.3 Å². The minimum absolute atomic E-state index is 0.231. The first-order chi connectivity index (χ1) is 12.4. The molecule has 0 bridgehead atoms. The minimum Gasteiger partial charge on any atom is -0.479 e. The fourth-order valence-corrected chi connectivity index (χ4v) is 4.35. The lowest BCUT2D eigenvalue weighted by Gasteiger charge is -2.23. The van der Waals surface area contributed by atoms with Gasteiger partial charge in [-0.1, -0.05) is 29.3 Å². The molecule has 1 aromatic heterocycles. The number of thiophene rings is 1. The monoisotopic (exact) mass is 406 g/mol. The number of halogens is 2. The molecule has 1 aliphatic rings. The summed E-state index contributed by atoms with van der Waals surface area (Å²) in [5.74, 6) is -0.00117. The second-order valence-electron chi connectivity index (χ2n) is 5.80. The van der Waals surface area contributed by atoms with Crippen molar-refractivity contribution in [1.82, 2.24) is 0 Å². The molecule has 0 spiro atoms. The molecule has 8 heteroatoms. The van der Waals surface area contributed by atoms with Gasteiger partial charge in [0.1, 0.15) is 10.6 Å². The largest absolute Gasteiger partial charge is 0.479 e. The highest BCUT2D eigenvalue weighted by atomic mass is 35.5. The lowest BCUT2D eigenvalue weighted by molar-refractivity contribution is -0.122. The maximum absolute atomic E-state index is 12.6. The Labute approximate surface area is 162 Å². The number of ether oxygens (including phenoxy) is 1. The van der Waals surface area contributed by atoms with E-state index in [1.165, 1.54) is 11.3 Å². The van der Waals surface area contributed by atoms with Crippen LogP contribution in [0.3, 0.4) is 0 Å². The van der Waals surface area contributed by atoms with Crippen LogP contribution in [0.15, 0.2) is 36.4 Å². The molecule has 0 radical (unpaired) electrons. The number of hydrogen-bond donors (Lipinski definition) is 2. The van der Waals surface area contributed by atoms with Crippen LogP contribution in [-0.4, -0.2) is 17.9 Å². The zero-order valence-electron chi connectivity index (χ0n) is 13.4. The van der Waals surface area contributed by atoms with Gasteiger partial charge in [0.2, 0.25) is 0 Å². The van der Waals surface area contributed by atoms with Crippen molar-refractivity contribution in [1.29, 1.82) is 0 Å². The predicted octanol–water partition coefficient (Wildman–Crippen LogP) is 5.18. The van der Waals surface area contributed by atoms with Gasteiger partial charge in [-0.05, 0) is 37.3 Å². The summed E-state index contributed by atoms with van der Waals surface area (Å²) in [7, 11) is 0. The first-order valence-electron chi connectivity index (χ1n) is 7.73. The highest BCUT2D eigenvalue weighted by Crippen LogP contribution is 2.37. The van der Waals surface area contributed by atoms with E-state index in [0.717, 1.165) is 10.1 Å². The van der Waals surface area contributed by atoms with Gasteiger partial charge < -0.3 is 15.4 Å². The van der Waals surface area contributed by atoms with Crippen LogP contribution in [0.25, 0.3) is 10.1 Å². The minimum atomic E-state index is -0.549. The standard InChI is InChI=1S/C18H12Cl2N2O3S/c1-8-17(23)22-12-7-10(3-5-13(12)25-8)21-18(24)16-15(20)11-4-2-9(19)6-14(11)26-16/h2-8H,1H3,(H,21,24)(H,22,23)/t8-/m1/s1. The Morgan fingerprint density at radius 2 is 2.04 bits per heavy atom. The van der Waals surface area contributed by atoms with Gasteiger partial charge in [-0.25, -0.2) is 0 Å². The van der Waals surface area contributed by atoms with Crippen LogP contribution < -0.4 is 15.4 Å². The van der Waals surface area contributed by atoms with Gasteiger partial charge in [0.05, 0.1) is 10.7 Å². The van der Waals surface area contributed by atoms with Crippen molar-refractivity contribution in [2.45, 2.75) is 13.0 Å². The molecule has 2 aromatic carbocycles. The fourth-order valence-electron chi connectivity index (χ4n) is 2.66. The molecule has 0 unspecified atom stereocenters. The third-order valence-corrected chi connectivity index (χ3v) is 5.86. The lowest BCUT2D eigenvalue weighted by atomic mass is 10.2. The zero-order chi connectivity index (χ0) is 18.4. The van der Waals surface area contributed by atoms with Gasteiger partial charge in [0.15, 0.2) is 6.10 Å². The molecule has 2 heterocycles. The molecule has 5 nitrogen and oxygen atoms in total. The quantitative estimate of drug-likeness (QED) is 0.615. The van der Waals surface area contributed by atoms with Crippen LogP contribution in [0, 0.1) is 0 Å². The zero-order valence-corrected chi connectivity index (χ0v) is 15.8. The highest BCUT2D eigenvalue weighted by Gasteiger charge is 2.24. The molecule has 3 aromatic rings. The van der Waals surface area contributed by atoms with E-state index in [-0.39, 0.29) is 11.8 Å². The summed E-state index contributed by atoms with van der Waals surface area (Å²) in [5.41, 5.74) is 1.04. The molecule has 0 saturated carbocycles. The van der Waals surface area contributed by atoms with Gasteiger partial charge in [0.25, 0.3) is 11.8 Å². The topological polar surface area (TPSA) is 67.4 Å². The van der Waals surface area contributed by atoms with Crippen molar-refractivity contribution in [2.24, 2.45) is 0 Å². The molecule has 26 heavy (non-hydrogen) atoms. The van der Waals surface area contributed by atoms with Crippen LogP contribution in [0.4, 0.5) is 11.4 Å². The number of anilines is 2. The van der Waals surface area contributed by atoms with E-state index in [4.69, 9.17) is 27.9 Å². The molecule has 0 saturated heterocycles. The summed E-state index contributed by atoms with van der Waals surface area (Å²) in [6.07, 6.45) is -0.549. The van der Waals surface area contributed by atoms with Gasteiger partial charge in [-0.2, -0.15) is 0 Å². The molecule has 0 aliphatic carbocycles. The molecule has 4 rings (SSSR count). The van der Waals surface area contributed by atoms with Crippen LogP contribution >= 0.6 is 34.5 Å². The molecule has 2 amide bonds. The number of amides is 2. The fraction of sp³-hybridized carbons (Fsp3) is 0.111. The third-order valence-electron chi connectivity index (χ3n) is 3.97. The van der Waals surface area contributed by atoms with Gasteiger partial charge in [-0.3, -0.25) is 9.59 Å². The van der Waals surface area contributed by atoms with Crippen LogP contribution in [-0.2, 0) is 4.79 Å². The van der Waals surface area contributed by atoms with E-state index in [9.17, 15) is 9.59 Å². The van der Waals surface area contributed by atoms with Gasteiger partial charge in [-0.15, -0.1) is 11.3 Å². The highest BCUT2D eigenvalue weighted by molar-refractivity contribution is 7.21. The van der Waals surface area contributed by atoms with E-state index < -0.39 is 6.10 Å². The summed E-state index contributed by atoms with van der Waals surface area (Å²) in [5, 5.41) is 7.31. The Morgan fingerprint density at radius 3 is 2.85 bits per heavy atom. The molecule has 132 valence electrons. The normalized spacial score (nSPS) is 16.0. The van der Waals surface area contributed by atoms with E-state index in [1.807, 2.05) is 0 Å². The average molecular weight is 407 g/mol. The Balaban J connectivity index is 1.62. The molecule has 0 fully saturated rings. The number of fused-ring (bicyclic) bond motifs is 2. The van der Waals surface area contributed by atoms with Gasteiger partial charge >= 0.3 is 0 Å². The maximum atomic E-state index is 12.6. The number of rotatable bonds is 2. The predicted molar refractivity (Wildman–Crippen MR) is 105 cm³/mol. The smallest absolute Gasteiger partial charge is 0.267 e. The van der Waals surface area contributed by atoms with Crippen molar-refractivity contribution < 1.29 is 14.3 Å². The van der Waals surface area contributed by atoms with Crippen molar-refractivity contribution >= 4 is 67.8 Å². The van der Waals surface area contributed by atoms with Crippen molar-refractivity contribution in [3.8, 4) is 5.75 Å². The maximum Gasteiger partial charge on any atom is 0.267 e. The Bertz CT molecular complexity index is 1060. The summed E-state index contributed by atoms with van der Waals surface area (Å²) >= 11 is 13.6. The Hall–Kier alpha value is -2.28. The number of carbonyl (C=O) groups is 2. The number of nitrogens with one attached hydrogen (secondary N) is 2. The van der Waals surface area contributed by atoms with Gasteiger partial charge in [0, 0.05) is 20.8 Å². The molecule has 2 N–H and O–H groups in total. The van der Waals surface area contributed by atoms with E-state index >= 15 is 0 Å². The first-order valence-corrected chi connectivity index (χ1v) is 9.30. The van der Waals surface area contributed by atoms with Crippen molar-refractivity contribution in [3.63, 3.8) is 0 Å².